The van der Waals surface area contributed by atoms with Crippen molar-refractivity contribution < 1.29 is 27.9 Å². The summed E-state index contributed by atoms with van der Waals surface area (Å²) in [6.07, 6.45) is 1.08. The van der Waals surface area contributed by atoms with E-state index in [2.05, 4.69) is 10.4 Å². The summed E-state index contributed by atoms with van der Waals surface area (Å²) in [6, 6.07) is 4.82. The van der Waals surface area contributed by atoms with Gasteiger partial charge in [-0.05, 0) is 43.0 Å². The molecule has 0 spiro atoms. The number of nitrogens with one attached hydrogen (secondary N) is 2. The number of rotatable bonds is 5. The van der Waals surface area contributed by atoms with Crippen LogP contribution in [0.1, 0.15) is 31.2 Å². The SMILES string of the molecule is O=C(NCC(O)C1CCCC1)C(=O)Nc1ccc(-n2cccn2)cc1C(F)(F)F. The Bertz CT molecular complexity index is 862. The molecule has 1 aliphatic rings. The van der Waals surface area contributed by atoms with Crippen molar-refractivity contribution in [3.63, 3.8) is 0 Å². The monoisotopic (exact) mass is 410 g/mol. The molecular formula is C19H21F3N4O3. The number of alkyl halides is 3. The lowest BCUT2D eigenvalue weighted by Crippen LogP contribution is -2.41. The number of hydrogen-bond acceptors (Lipinski definition) is 4. The maximum atomic E-state index is 13.4. The first-order valence-corrected chi connectivity index (χ1v) is 9.24. The summed E-state index contributed by atoms with van der Waals surface area (Å²) >= 11 is 0. The van der Waals surface area contributed by atoms with E-state index in [4.69, 9.17) is 0 Å². The average Bonchev–Trinajstić information content (AvgIpc) is 3.38. The van der Waals surface area contributed by atoms with Crippen molar-refractivity contribution >= 4 is 17.5 Å². The van der Waals surface area contributed by atoms with Crippen LogP contribution >= 0.6 is 0 Å². The largest absolute Gasteiger partial charge is 0.418 e. The third-order valence-corrected chi connectivity index (χ3v) is 4.95. The Hall–Kier alpha value is -2.88. The molecule has 0 radical (unpaired) electrons. The molecule has 1 aliphatic carbocycles. The Morgan fingerprint density at radius 2 is 1.97 bits per heavy atom. The average molecular weight is 410 g/mol. The fourth-order valence-electron chi connectivity index (χ4n) is 3.41. The highest BCUT2D eigenvalue weighted by Gasteiger charge is 2.35. The van der Waals surface area contributed by atoms with Crippen molar-refractivity contribution in [1.29, 1.82) is 0 Å². The van der Waals surface area contributed by atoms with Gasteiger partial charge in [0, 0.05) is 18.9 Å². The Labute approximate surface area is 164 Å². The first-order valence-electron chi connectivity index (χ1n) is 9.24. The molecule has 1 unspecified atom stereocenters. The minimum atomic E-state index is -4.75. The van der Waals surface area contributed by atoms with Gasteiger partial charge in [-0.3, -0.25) is 9.59 Å². The van der Waals surface area contributed by atoms with Crippen molar-refractivity contribution in [1.82, 2.24) is 15.1 Å². The predicted molar refractivity (Wildman–Crippen MR) is 98.2 cm³/mol. The van der Waals surface area contributed by atoms with Crippen LogP contribution in [0.5, 0.6) is 0 Å². The number of benzene rings is 1. The van der Waals surface area contributed by atoms with Crippen LogP contribution in [-0.4, -0.2) is 39.4 Å². The molecule has 7 nitrogen and oxygen atoms in total. The smallest absolute Gasteiger partial charge is 0.391 e. The maximum absolute atomic E-state index is 13.4. The summed E-state index contributed by atoms with van der Waals surface area (Å²) in [5.74, 6) is -2.28. The van der Waals surface area contributed by atoms with E-state index in [9.17, 15) is 27.9 Å². The number of halogens is 3. The fourth-order valence-corrected chi connectivity index (χ4v) is 3.41. The molecule has 2 amide bonds. The molecule has 1 fully saturated rings. The molecule has 2 aromatic rings. The number of nitrogens with zero attached hydrogens (tertiary/aromatic N) is 2. The quantitative estimate of drug-likeness (QED) is 0.660. The molecule has 10 heteroatoms. The lowest BCUT2D eigenvalue weighted by atomic mass is 10.0. The third-order valence-electron chi connectivity index (χ3n) is 4.95. The number of carbonyl (C=O) groups is 2. The van der Waals surface area contributed by atoms with Crippen LogP contribution in [0.2, 0.25) is 0 Å². The molecule has 156 valence electrons. The number of aliphatic hydroxyl groups is 1. The number of aliphatic hydroxyl groups excluding tert-OH is 1. The molecule has 1 saturated carbocycles. The molecular weight excluding hydrogens is 389 g/mol. The van der Waals surface area contributed by atoms with Gasteiger partial charge in [-0.15, -0.1) is 0 Å². The van der Waals surface area contributed by atoms with Crippen molar-refractivity contribution in [3.05, 3.63) is 42.2 Å². The van der Waals surface area contributed by atoms with E-state index < -0.39 is 35.3 Å². The second-order valence-corrected chi connectivity index (χ2v) is 6.95. The van der Waals surface area contributed by atoms with Gasteiger partial charge in [0.1, 0.15) is 0 Å². The molecule has 1 atom stereocenters. The maximum Gasteiger partial charge on any atom is 0.418 e. The highest BCUT2D eigenvalue weighted by atomic mass is 19.4. The molecule has 0 aliphatic heterocycles. The number of hydrogen-bond donors (Lipinski definition) is 3. The van der Waals surface area contributed by atoms with E-state index in [1.165, 1.54) is 23.1 Å². The van der Waals surface area contributed by atoms with Gasteiger partial charge in [-0.25, -0.2) is 4.68 Å². The molecule has 0 bridgehead atoms. The van der Waals surface area contributed by atoms with Gasteiger partial charge in [-0.2, -0.15) is 18.3 Å². The van der Waals surface area contributed by atoms with Gasteiger partial charge in [0.05, 0.1) is 23.0 Å². The van der Waals surface area contributed by atoms with Crippen molar-refractivity contribution in [2.24, 2.45) is 5.92 Å². The second kappa shape index (κ2) is 8.64. The fraction of sp³-hybridized carbons (Fsp3) is 0.421. The van der Waals surface area contributed by atoms with Crippen LogP contribution in [-0.2, 0) is 15.8 Å². The van der Waals surface area contributed by atoms with Crippen molar-refractivity contribution in [2.75, 3.05) is 11.9 Å². The van der Waals surface area contributed by atoms with E-state index in [-0.39, 0.29) is 18.2 Å². The molecule has 1 heterocycles. The summed E-state index contributed by atoms with van der Waals surface area (Å²) in [6.45, 7) is -0.124. The van der Waals surface area contributed by atoms with Gasteiger partial charge in [0.25, 0.3) is 0 Å². The highest BCUT2D eigenvalue weighted by molar-refractivity contribution is 6.39. The zero-order valence-corrected chi connectivity index (χ0v) is 15.4. The van der Waals surface area contributed by atoms with Gasteiger partial charge >= 0.3 is 18.0 Å². The summed E-state index contributed by atoms with van der Waals surface area (Å²) < 4.78 is 41.5. The first kappa shape index (κ1) is 20.8. The lowest BCUT2D eigenvalue weighted by molar-refractivity contribution is -0.138. The topological polar surface area (TPSA) is 96.3 Å². The van der Waals surface area contributed by atoms with Crippen LogP contribution in [0.25, 0.3) is 5.69 Å². The Balaban J connectivity index is 1.67. The van der Waals surface area contributed by atoms with E-state index in [1.807, 2.05) is 5.32 Å². The summed E-state index contributed by atoms with van der Waals surface area (Å²) in [5, 5.41) is 18.2. The Morgan fingerprint density at radius 3 is 2.59 bits per heavy atom. The lowest BCUT2D eigenvalue weighted by Gasteiger charge is -2.18. The van der Waals surface area contributed by atoms with Crippen molar-refractivity contribution in [2.45, 2.75) is 38.0 Å². The first-order chi connectivity index (χ1) is 13.8. The minimum absolute atomic E-state index is 0.0602. The molecule has 1 aromatic heterocycles. The summed E-state index contributed by atoms with van der Waals surface area (Å²) in [5.41, 5.74) is -1.48. The third kappa shape index (κ3) is 5.14. The highest BCUT2D eigenvalue weighted by Crippen LogP contribution is 2.36. The summed E-state index contributed by atoms with van der Waals surface area (Å²) in [4.78, 5) is 24.0. The molecule has 29 heavy (non-hydrogen) atoms. The molecule has 0 saturated heterocycles. The minimum Gasteiger partial charge on any atom is -0.391 e. The van der Waals surface area contributed by atoms with E-state index >= 15 is 0 Å². The molecule has 3 N–H and O–H groups in total. The zero-order valence-electron chi connectivity index (χ0n) is 15.4. The number of anilines is 1. The van der Waals surface area contributed by atoms with Gasteiger partial charge < -0.3 is 15.7 Å². The van der Waals surface area contributed by atoms with Crippen LogP contribution in [0.4, 0.5) is 18.9 Å². The normalized spacial score (nSPS) is 15.9. The van der Waals surface area contributed by atoms with Crippen LogP contribution in [0, 0.1) is 5.92 Å². The van der Waals surface area contributed by atoms with Crippen LogP contribution in [0.15, 0.2) is 36.7 Å². The van der Waals surface area contributed by atoms with Gasteiger partial charge in [0.2, 0.25) is 0 Å². The zero-order chi connectivity index (χ0) is 21.0. The predicted octanol–water partition coefficient (Wildman–Crippen LogP) is 2.50. The van der Waals surface area contributed by atoms with Crippen LogP contribution < -0.4 is 10.6 Å². The van der Waals surface area contributed by atoms with Crippen molar-refractivity contribution in [3.8, 4) is 5.69 Å². The van der Waals surface area contributed by atoms with E-state index in [0.29, 0.717) is 0 Å². The standard InChI is InChI=1S/C19H21F3N4O3/c20-19(21,22)14-10-13(26-9-3-8-24-26)6-7-15(14)25-18(29)17(28)23-11-16(27)12-4-1-2-5-12/h3,6-10,12,16,27H,1-2,4-5,11H2,(H,23,28)(H,25,29). The van der Waals surface area contributed by atoms with E-state index in [1.54, 1.807) is 6.07 Å². The second-order valence-electron chi connectivity index (χ2n) is 6.95. The summed E-state index contributed by atoms with van der Waals surface area (Å²) in [7, 11) is 0. The van der Waals surface area contributed by atoms with Crippen LogP contribution in [0.3, 0.4) is 0 Å². The molecule has 3 rings (SSSR count). The number of aromatic nitrogens is 2. The Kier molecular flexibility index (Phi) is 6.21. The Morgan fingerprint density at radius 1 is 1.24 bits per heavy atom. The van der Waals surface area contributed by atoms with Gasteiger partial charge in [-0.1, -0.05) is 12.8 Å². The number of amides is 2. The van der Waals surface area contributed by atoms with Gasteiger partial charge in [0.15, 0.2) is 0 Å². The molecule has 1 aromatic carbocycles. The number of carbonyl (C=O) groups excluding carboxylic acids is 2. The van der Waals surface area contributed by atoms with E-state index in [0.717, 1.165) is 37.8 Å².